The third-order valence-electron chi connectivity index (χ3n) is 2.57. The molecule has 0 aliphatic heterocycles. The normalized spacial score (nSPS) is 10.9. The summed E-state index contributed by atoms with van der Waals surface area (Å²) in [6.45, 7) is 5.68. The van der Waals surface area contributed by atoms with Crippen LogP contribution < -0.4 is 10.1 Å². The van der Waals surface area contributed by atoms with Crippen molar-refractivity contribution in [3.63, 3.8) is 0 Å². The molecule has 2 rings (SSSR count). The number of rotatable bonds is 6. The van der Waals surface area contributed by atoms with Crippen molar-refractivity contribution >= 4 is 22.9 Å². The maximum absolute atomic E-state index is 6.20. The summed E-state index contributed by atoms with van der Waals surface area (Å²) in [5.74, 6) is 0.749. The van der Waals surface area contributed by atoms with Crippen LogP contribution in [0.25, 0.3) is 0 Å². The molecule has 0 radical (unpaired) electrons. The van der Waals surface area contributed by atoms with Gasteiger partial charge < -0.3 is 10.1 Å². The lowest BCUT2D eigenvalue weighted by molar-refractivity contribution is 0.242. The minimum atomic E-state index is 0.139. The first kappa shape index (κ1) is 14.4. The van der Waals surface area contributed by atoms with Crippen molar-refractivity contribution < 1.29 is 4.74 Å². The molecule has 0 saturated carbocycles. The number of hydrogen-bond acceptors (Lipinski definition) is 3. The van der Waals surface area contributed by atoms with Gasteiger partial charge in [-0.1, -0.05) is 23.7 Å². The molecule has 4 heteroatoms. The van der Waals surface area contributed by atoms with Crippen LogP contribution in [0, 0.1) is 0 Å². The van der Waals surface area contributed by atoms with Crippen LogP contribution in [0.4, 0.5) is 0 Å². The fourth-order valence-corrected chi connectivity index (χ4v) is 2.67. The molecule has 0 bridgehead atoms. The Morgan fingerprint density at radius 1 is 1.26 bits per heavy atom. The Labute approximate surface area is 123 Å². The van der Waals surface area contributed by atoms with Crippen LogP contribution >= 0.6 is 22.9 Å². The molecule has 0 amide bonds. The van der Waals surface area contributed by atoms with Crippen LogP contribution in [0.3, 0.4) is 0 Å². The van der Waals surface area contributed by atoms with Crippen LogP contribution in [0.15, 0.2) is 35.7 Å². The third-order valence-corrected chi connectivity index (χ3v) is 3.74. The molecule has 0 aliphatic carbocycles. The second-order valence-electron chi connectivity index (χ2n) is 4.61. The van der Waals surface area contributed by atoms with Crippen molar-refractivity contribution in [2.75, 3.05) is 0 Å². The monoisotopic (exact) mass is 295 g/mol. The first-order valence-electron chi connectivity index (χ1n) is 6.33. The van der Waals surface area contributed by atoms with E-state index in [0.29, 0.717) is 5.02 Å². The molecule has 1 heterocycles. The van der Waals surface area contributed by atoms with E-state index >= 15 is 0 Å². The van der Waals surface area contributed by atoms with Gasteiger partial charge in [0, 0.05) is 18.0 Å². The van der Waals surface area contributed by atoms with Gasteiger partial charge in [0.2, 0.25) is 0 Å². The van der Waals surface area contributed by atoms with Crippen LogP contribution in [0.5, 0.6) is 5.75 Å². The highest BCUT2D eigenvalue weighted by atomic mass is 35.5. The first-order chi connectivity index (χ1) is 9.15. The highest BCUT2D eigenvalue weighted by molar-refractivity contribution is 7.09. The molecule has 0 atom stereocenters. The van der Waals surface area contributed by atoms with Crippen LogP contribution in [-0.4, -0.2) is 6.10 Å². The SMILES string of the molecule is CC(C)Oc1ccc(CNCc2cccs2)cc1Cl. The topological polar surface area (TPSA) is 21.3 Å². The van der Waals surface area contributed by atoms with Crippen LogP contribution in [0.1, 0.15) is 24.3 Å². The number of thiophene rings is 1. The van der Waals surface area contributed by atoms with Crippen LogP contribution in [0.2, 0.25) is 5.02 Å². The van der Waals surface area contributed by atoms with Crippen molar-refractivity contribution in [3.05, 3.63) is 51.2 Å². The van der Waals surface area contributed by atoms with Crippen LogP contribution in [-0.2, 0) is 13.1 Å². The second-order valence-corrected chi connectivity index (χ2v) is 6.05. The molecule has 1 N–H and O–H groups in total. The van der Waals surface area contributed by atoms with E-state index in [-0.39, 0.29) is 6.10 Å². The molecular formula is C15H18ClNOS. The van der Waals surface area contributed by atoms with Gasteiger partial charge in [0.05, 0.1) is 11.1 Å². The summed E-state index contributed by atoms with van der Waals surface area (Å²) in [6.07, 6.45) is 0.139. The molecule has 0 aliphatic rings. The Kier molecular flexibility index (Phi) is 5.25. The molecule has 102 valence electrons. The minimum Gasteiger partial charge on any atom is -0.489 e. The Bertz CT molecular complexity index is 511. The zero-order valence-corrected chi connectivity index (χ0v) is 12.7. The molecule has 0 spiro atoms. The van der Waals surface area contributed by atoms with Gasteiger partial charge in [-0.15, -0.1) is 11.3 Å². The quantitative estimate of drug-likeness (QED) is 0.848. The minimum absolute atomic E-state index is 0.139. The highest BCUT2D eigenvalue weighted by Gasteiger charge is 2.05. The lowest BCUT2D eigenvalue weighted by atomic mass is 10.2. The number of halogens is 1. The summed E-state index contributed by atoms with van der Waals surface area (Å²) >= 11 is 7.96. The Balaban J connectivity index is 1.89. The summed E-state index contributed by atoms with van der Waals surface area (Å²) in [6, 6.07) is 10.1. The fraction of sp³-hybridized carbons (Fsp3) is 0.333. The van der Waals surface area contributed by atoms with E-state index in [0.717, 1.165) is 24.4 Å². The van der Waals surface area contributed by atoms with E-state index in [1.165, 1.54) is 4.88 Å². The van der Waals surface area contributed by atoms with E-state index in [1.54, 1.807) is 11.3 Å². The predicted molar refractivity (Wildman–Crippen MR) is 82.1 cm³/mol. The van der Waals surface area contributed by atoms with Gasteiger partial charge in [-0.05, 0) is 43.0 Å². The summed E-state index contributed by atoms with van der Waals surface area (Å²) in [5, 5.41) is 6.16. The van der Waals surface area contributed by atoms with Crippen molar-refractivity contribution in [1.29, 1.82) is 0 Å². The maximum Gasteiger partial charge on any atom is 0.138 e. The van der Waals surface area contributed by atoms with Gasteiger partial charge >= 0.3 is 0 Å². The van der Waals surface area contributed by atoms with E-state index < -0.39 is 0 Å². The molecule has 19 heavy (non-hydrogen) atoms. The maximum atomic E-state index is 6.20. The summed E-state index contributed by atoms with van der Waals surface area (Å²) in [4.78, 5) is 1.34. The van der Waals surface area contributed by atoms with E-state index in [1.807, 2.05) is 32.0 Å². The zero-order valence-electron chi connectivity index (χ0n) is 11.2. The molecule has 0 unspecified atom stereocenters. The van der Waals surface area contributed by atoms with Gasteiger partial charge in [-0.2, -0.15) is 0 Å². The van der Waals surface area contributed by atoms with Crippen molar-refractivity contribution in [1.82, 2.24) is 5.32 Å². The van der Waals surface area contributed by atoms with Gasteiger partial charge in [0.15, 0.2) is 0 Å². The largest absolute Gasteiger partial charge is 0.489 e. The Morgan fingerprint density at radius 2 is 2.11 bits per heavy atom. The Hall–Kier alpha value is -1.03. The third kappa shape index (κ3) is 4.53. The average Bonchev–Trinajstić information content (AvgIpc) is 2.85. The zero-order chi connectivity index (χ0) is 13.7. The Morgan fingerprint density at radius 3 is 2.74 bits per heavy atom. The molecule has 1 aromatic carbocycles. The molecule has 0 saturated heterocycles. The molecule has 2 nitrogen and oxygen atoms in total. The first-order valence-corrected chi connectivity index (χ1v) is 7.59. The van der Waals surface area contributed by atoms with Crippen molar-refractivity contribution in [2.24, 2.45) is 0 Å². The van der Waals surface area contributed by atoms with Gasteiger partial charge in [0.1, 0.15) is 5.75 Å². The summed E-state index contributed by atoms with van der Waals surface area (Å²) < 4.78 is 5.61. The lowest BCUT2D eigenvalue weighted by Gasteiger charge is -2.12. The summed E-state index contributed by atoms with van der Waals surface area (Å²) in [7, 11) is 0. The fourth-order valence-electron chi connectivity index (χ4n) is 1.75. The average molecular weight is 296 g/mol. The van der Waals surface area contributed by atoms with E-state index in [2.05, 4.69) is 22.8 Å². The van der Waals surface area contributed by atoms with Crippen molar-refractivity contribution in [3.8, 4) is 5.75 Å². The number of ether oxygens (including phenoxy) is 1. The number of nitrogens with one attached hydrogen (secondary N) is 1. The van der Waals surface area contributed by atoms with Gasteiger partial charge in [-0.3, -0.25) is 0 Å². The standard InChI is InChI=1S/C15H18ClNOS/c1-11(2)18-15-6-5-12(8-14(15)16)9-17-10-13-4-3-7-19-13/h3-8,11,17H,9-10H2,1-2H3. The summed E-state index contributed by atoms with van der Waals surface area (Å²) in [5.41, 5.74) is 1.16. The smallest absolute Gasteiger partial charge is 0.138 e. The molecule has 1 aromatic heterocycles. The highest BCUT2D eigenvalue weighted by Crippen LogP contribution is 2.26. The van der Waals surface area contributed by atoms with E-state index in [9.17, 15) is 0 Å². The molecular weight excluding hydrogens is 278 g/mol. The van der Waals surface area contributed by atoms with Gasteiger partial charge in [0.25, 0.3) is 0 Å². The number of benzene rings is 1. The predicted octanol–water partition coefficient (Wildman–Crippen LogP) is 4.48. The molecule has 0 fully saturated rings. The van der Waals surface area contributed by atoms with Crippen molar-refractivity contribution in [2.45, 2.75) is 33.0 Å². The van der Waals surface area contributed by atoms with Gasteiger partial charge in [-0.25, -0.2) is 0 Å². The lowest BCUT2D eigenvalue weighted by Crippen LogP contribution is -2.12. The van der Waals surface area contributed by atoms with E-state index in [4.69, 9.17) is 16.3 Å². The molecule has 2 aromatic rings. The number of hydrogen-bond donors (Lipinski definition) is 1. The second kappa shape index (κ2) is 6.94.